The predicted molar refractivity (Wildman–Crippen MR) is 136 cm³/mol. The summed E-state index contributed by atoms with van der Waals surface area (Å²) < 4.78 is 5.33. The van der Waals surface area contributed by atoms with E-state index in [4.69, 9.17) is 39.5 Å². The fourth-order valence-electron chi connectivity index (χ4n) is 3.56. The second-order valence-corrected chi connectivity index (χ2v) is 9.91. The van der Waals surface area contributed by atoms with Gasteiger partial charge >= 0.3 is 6.09 Å². The largest absolute Gasteiger partial charge is 0.444 e. The van der Waals surface area contributed by atoms with E-state index >= 15 is 0 Å². The number of nitrogens with one attached hydrogen (secondary N) is 3. The number of fused-ring (bicyclic) bond motifs is 3. The summed E-state index contributed by atoms with van der Waals surface area (Å²) in [5.41, 5.74) is 3.23. The average molecular weight is 506 g/mol. The topological polar surface area (TPSA) is 79.0 Å². The number of pyridine rings is 1. The van der Waals surface area contributed by atoms with Crippen molar-refractivity contribution in [2.45, 2.75) is 32.8 Å². The summed E-state index contributed by atoms with van der Waals surface area (Å²) >= 11 is 18.4. The van der Waals surface area contributed by atoms with E-state index in [1.807, 2.05) is 51.1 Å². The molecule has 2 aromatic carbocycles. The van der Waals surface area contributed by atoms with E-state index in [9.17, 15) is 4.79 Å². The molecule has 0 saturated heterocycles. The average Bonchev–Trinajstić information content (AvgIpc) is 3.07. The van der Waals surface area contributed by atoms with Gasteiger partial charge in [0.2, 0.25) is 0 Å². The first-order chi connectivity index (χ1) is 15.6. The summed E-state index contributed by atoms with van der Waals surface area (Å²) in [5, 5.41) is 9.57. The van der Waals surface area contributed by atoms with Gasteiger partial charge in [-0.3, -0.25) is 0 Å². The van der Waals surface area contributed by atoms with Crippen LogP contribution in [-0.4, -0.2) is 28.2 Å². The molecule has 2 heterocycles. The van der Waals surface area contributed by atoms with E-state index in [0.717, 1.165) is 33.1 Å². The Kier molecular flexibility index (Phi) is 6.61. The molecular weight excluding hydrogens is 483 g/mol. The van der Waals surface area contributed by atoms with Gasteiger partial charge < -0.3 is 20.4 Å². The highest BCUT2D eigenvalue weighted by Gasteiger charge is 2.16. The van der Waals surface area contributed by atoms with E-state index < -0.39 is 11.7 Å². The maximum absolute atomic E-state index is 12.1. The molecule has 0 saturated carbocycles. The van der Waals surface area contributed by atoms with E-state index in [2.05, 4.69) is 20.6 Å². The minimum absolute atomic E-state index is 0.387. The molecule has 0 aliphatic heterocycles. The quantitative estimate of drug-likeness (QED) is 0.262. The second kappa shape index (κ2) is 9.29. The van der Waals surface area contributed by atoms with Gasteiger partial charge in [0.15, 0.2) is 0 Å². The lowest BCUT2D eigenvalue weighted by molar-refractivity contribution is 0.0528. The standard InChI is InChI=1S/C24H23Cl3N4O2/c1-24(2,3)33-23(32)28-7-6-13-8-15(30-21-11-18(26)19(27)12-29-21)10-17-16-9-14(25)4-5-20(16)31-22(13)17/h4-5,8-12,31H,6-7H2,1-3H3,(H,28,32)(H,29,30). The molecule has 2 aromatic heterocycles. The van der Waals surface area contributed by atoms with E-state index in [0.29, 0.717) is 33.9 Å². The Bertz CT molecular complexity index is 1350. The predicted octanol–water partition coefficient (Wildman–Crippen LogP) is 7.49. The first kappa shape index (κ1) is 23.5. The summed E-state index contributed by atoms with van der Waals surface area (Å²) in [6.07, 6.45) is 1.64. The van der Waals surface area contributed by atoms with Gasteiger partial charge in [0, 0.05) is 51.3 Å². The first-order valence-electron chi connectivity index (χ1n) is 10.4. The molecule has 33 heavy (non-hydrogen) atoms. The van der Waals surface area contributed by atoms with Gasteiger partial charge in [0.25, 0.3) is 0 Å². The zero-order valence-electron chi connectivity index (χ0n) is 18.4. The smallest absolute Gasteiger partial charge is 0.407 e. The summed E-state index contributed by atoms with van der Waals surface area (Å²) in [6.45, 7) is 5.91. The summed E-state index contributed by atoms with van der Waals surface area (Å²) in [6, 6.07) is 11.4. The van der Waals surface area contributed by atoms with Crippen molar-refractivity contribution in [2.24, 2.45) is 0 Å². The van der Waals surface area contributed by atoms with Crippen LogP contribution in [0.15, 0.2) is 42.6 Å². The van der Waals surface area contributed by atoms with Crippen molar-refractivity contribution in [3.63, 3.8) is 0 Å². The Labute approximate surface area is 206 Å². The minimum atomic E-state index is -0.551. The Hall–Kier alpha value is -2.67. The van der Waals surface area contributed by atoms with Crippen LogP contribution in [0.4, 0.5) is 16.3 Å². The highest BCUT2D eigenvalue weighted by atomic mass is 35.5. The number of amides is 1. The monoisotopic (exact) mass is 504 g/mol. The number of halogens is 3. The van der Waals surface area contributed by atoms with E-state index in [1.165, 1.54) is 6.20 Å². The highest BCUT2D eigenvalue weighted by molar-refractivity contribution is 6.42. The maximum Gasteiger partial charge on any atom is 0.407 e. The van der Waals surface area contributed by atoms with Crippen LogP contribution < -0.4 is 10.6 Å². The third-order valence-corrected chi connectivity index (χ3v) is 5.84. The Balaban J connectivity index is 1.68. The number of carbonyl (C=O) groups excluding carboxylic acids is 1. The molecule has 1 amide bonds. The summed E-state index contributed by atoms with van der Waals surface area (Å²) in [5.74, 6) is 0.569. The second-order valence-electron chi connectivity index (χ2n) is 8.66. The number of H-pyrrole nitrogens is 1. The minimum Gasteiger partial charge on any atom is -0.444 e. The van der Waals surface area contributed by atoms with Crippen LogP contribution in [0.1, 0.15) is 26.3 Å². The van der Waals surface area contributed by atoms with Crippen LogP contribution in [-0.2, 0) is 11.2 Å². The van der Waals surface area contributed by atoms with Gasteiger partial charge in [0.1, 0.15) is 11.4 Å². The van der Waals surface area contributed by atoms with Gasteiger partial charge in [-0.05, 0) is 63.1 Å². The third kappa shape index (κ3) is 5.64. The van der Waals surface area contributed by atoms with Crippen molar-refractivity contribution in [2.75, 3.05) is 11.9 Å². The molecule has 9 heteroatoms. The molecule has 0 atom stereocenters. The van der Waals surface area contributed by atoms with Crippen molar-refractivity contribution < 1.29 is 9.53 Å². The lowest BCUT2D eigenvalue weighted by atomic mass is 10.0. The molecule has 172 valence electrons. The van der Waals surface area contributed by atoms with Crippen molar-refractivity contribution in [3.05, 3.63) is 63.2 Å². The number of aromatic nitrogens is 2. The molecule has 0 unspecified atom stereocenters. The van der Waals surface area contributed by atoms with Gasteiger partial charge in [-0.15, -0.1) is 0 Å². The number of ether oxygens (including phenoxy) is 1. The number of benzene rings is 2. The summed E-state index contributed by atoms with van der Waals surface area (Å²) in [7, 11) is 0. The molecule has 3 N–H and O–H groups in total. The fourth-order valence-corrected chi connectivity index (χ4v) is 3.99. The molecule has 0 aliphatic rings. The number of rotatable bonds is 5. The number of alkyl carbamates (subject to hydrolysis) is 1. The van der Waals surface area contributed by atoms with Crippen molar-refractivity contribution in [3.8, 4) is 0 Å². The first-order valence-corrected chi connectivity index (χ1v) is 11.5. The third-order valence-electron chi connectivity index (χ3n) is 4.90. The van der Waals surface area contributed by atoms with Gasteiger partial charge in [-0.2, -0.15) is 0 Å². The zero-order chi connectivity index (χ0) is 23.8. The maximum atomic E-state index is 12.1. The Morgan fingerprint density at radius 1 is 1.06 bits per heavy atom. The molecular formula is C24H23Cl3N4O2. The number of anilines is 2. The summed E-state index contributed by atoms with van der Waals surface area (Å²) in [4.78, 5) is 19.8. The Morgan fingerprint density at radius 2 is 1.85 bits per heavy atom. The van der Waals surface area contributed by atoms with Gasteiger partial charge in [-0.25, -0.2) is 9.78 Å². The van der Waals surface area contributed by atoms with E-state index in [-0.39, 0.29) is 0 Å². The van der Waals surface area contributed by atoms with Crippen LogP contribution in [0.3, 0.4) is 0 Å². The van der Waals surface area contributed by atoms with Crippen LogP contribution >= 0.6 is 34.8 Å². The lowest BCUT2D eigenvalue weighted by Gasteiger charge is -2.19. The van der Waals surface area contributed by atoms with E-state index in [1.54, 1.807) is 6.07 Å². The lowest BCUT2D eigenvalue weighted by Crippen LogP contribution is -2.33. The molecule has 0 spiro atoms. The van der Waals surface area contributed by atoms with Crippen molar-refractivity contribution in [1.29, 1.82) is 0 Å². The fraction of sp³-hybridized carbons (Fsp3) is 0.250. The van der Waals surface area contributed by atoms with Crippen LogP contribution in [0.2, 0.25) is 15.1 Å². The zero-order valence-corrected chi connectivity index (χ0v) is 20.6. The van der Waals surface area contributed by atoms with Gasteiger partial charge in [0.05, 0.1) is 10.0 Å². The van der Waals surface area contributed by atoms with Crippen LogP contribution in [0, 0.1) is 0 Å². The number of hydrogen-bond acceptors (Lipinski definition) is 4. The van der Waals surface area contributed by atoms with Crippen molar-refractivity contribution >= 4 is 74.2 Å². The van der Waals surface area contributed by atoms with Crippen LogP contribution in [0.5, 0.6) is 0 Å². The molecule has 4 aromatic rings. The molecule has 0 fully saturated rings. The molecule has 0 bridgehead atoms. The SMILES string of the molecule is CC(C)(C)OC(=O)NCCc1cc(Nc2cc(Cl)c(Cl)cn2)cc2c1[nH]c1ccc(Cl)cc12. The highest BCUT2D eigenvalue weighted by Crippen LogP contribution is 2.34. The molecule has 6 nitrogen and oxygen atoms in total. The van der Waals surface area contributed by atoms with Gasteiger partial charge in [-0.1, -0.05) is 34.8 Å². The number of aromatic amines is 1. The normalized spacial score (nSPS) is 11.7. The Morgan fingerprint density at radius 3 is 2.58 bits per heavy atom. The molecule has 0 radical (unpaired) electrons. The number of carbonyl (C=O) groups is 1. The number of hydrogen-bond donors (Lipinski definition) is 3. The molecule has 0 aliphatic carbocycles. The molecule has 4 rings (SSSR count). The van der Waals surface area contributed by atoms with Crippen LogP contribution in [0.25, 0.3) is 21.8 Å². The number of nitrogens with zero attached hydrogens (tertiary/aromatic N) is 1. The van der Waals surface area contributed by atoms with Crippen molar-refractivity contribution in [1.82, 2.24) is 15.3 Å².